The second-order valence-electron chi connectivity index (χ2n) is 12.1. The van der Waals surface area contributed by atoms with Gasteiger partial charge in [-0.1, -0.05) is 154 Å². The van der Waals surface area contributed by atoms with Gasteiger partial charge in [0.15, 0.2) is 0 Å². The predicted molar refractivity (Wildman–Crippen MR) is 179 cm³/mol. The van der Waals surface area contributed by atoms with Crippen molar-refractivity contribution in [1.29, 1.82) is 0 Å². The SMILES string of the molecule is CCCCCCCC/C=C\CCCCCCC(CCN)C(N)=O.CCCCCCCCCCCCCCCC(=O)O. The summed E-state index contributed by atoms with van der Waals surface area (Å²) >= 11 is 0. The highest BCUT2D eigenvalue weighted by Crippen LogP contribution is 2.15. The average molecular weight is 581 g/mol. The van der Waals surface area contributed by atoms with Crippen LogP contribution >= 0.6 is 0 Å². The van der Waals surface area contributed by atoms with Crippen LogP contribution in [0.3, 0.4) is 0 Å². The predicted octanol–water partition coefficient (Wildman–Crippen LogP) is 10.6. The molecule has 0 aromatic heterocycles. The van der Waals surface area contributed by atoms with Gasteiger partial charge in [0.2, 0.25) is 5.91 Å². The van der Waals surface area contributed by atoms with E-state index < -0.39 is 5.97 Å². The number of allylic oxidation sites excluding steroid dienone is 2. The highest BCUT2D eigenvalue weighted by molar-refractivity contribution is 5.76. The molecule has 0 radical (unpaired) electrons. The molecule has 0 saturated carbocycles. The number of primary amides is 1. The molecule has 0 saturated heterocycles. The van der Waals surface area contributed by atoms with Crippen LogP contribution in [0.15, 0.2) is 12.2 Å². The number of carbonyl (C=O) groups is 2. The molecule has 0 spiro atoms. The van der Waals surface area contributed by atoms with Crippen LogP contribution in [0, 0.1) is 5.92 Å². The second-order valence-corrected chi connectivity index (χ2v) is 12.1. The van der Waals surface area contributed by atoms with Crippen molar-refractivity contribution < 1.29 is 14.7 Å². The third-order valence-corrected chi connectivity index (χ3v) is 7.98. The van der Waals surface area contributed by atoms with E-state index in [4.69, 9.17) is 16.6 Å². The molecule has 0 aliphatic carbocycles. The van der Waals surface area contributed by atoms with Crippen LogP contribution in [-0.2, 0) is 9.59 Å². The van der Waals surface area contributed by atoms with Crippen molar-refractivity contribution >= 4 is 11.9 Å². The van der Waals surface area contributed by atoms with Crippen molar-refractivity contribution in [3.63, 3.8) is 0 Å². The quantitative estimate of drug-likeness (QED) is 0.0560. The van der Waals surface area contributed by atoms with Crippen molar-refractivity contribution in [2.75, 3.05) is 6.54 Å². The summed E-state index contributed by atoms with van der Waals surface area (Å²) in [4.78, 5) is 21.5. The van der Waals surface area contributed by atoms with Crippen LogP contribution in [-0.4, -0.2) is 23.5 Å². The zero-order chi connectivity index (χ0) is 30.7. The zero-order valence-corrected chi connectivity index (χ0v) is 27.7. The maximum atomic E-state index is 11.2. The Morgan fingerprint density at radius 2 is 0.927 bits per heavy atom. The molecule has 244 valence electrons. The molecule has 1 atom stereocenters. The van der Waals surface area contributed by atoms with E-state index in [9.17, 15) is 9.59 Å². The van der Waals surface area contributed by atoms with Crippen molar-refractivity contribution in [3.8, 4) is 0 Å². The molecule has 5 N–H and O–H groups in total. The fourth-order valence-corrected chi connectivity index (χ4v) is 5.21. The first kappa shape index (κ1) is 41.8. The minimum Gasteiger partial charge on any atom is -0.481 e. The standard InChI is InChI=1S/C20H40N2O.C16H32O2/c1-2-3-4-5-6-7-8-9-10-11-12-13-14-15-16-19(17-18-21)20(22)23;1-2-3-4-5-6-7-8-9-10-11-12-13-14-15-16(17)18/h9-10,19H,2-8,11-18,21H2,1H3,(H2,22,23);2-15H2,1H3,(H,17,18)/b10-9-;. The van der Waals surface area contributed by atoms with Gasteiger partial charge in [0.05, 0.1) is 0 Å². The topological polar surface area (TPSA) is 106 Å². The first-order valence-electron chi connectivity index (χ1n) is 17.9. The van der Waals surface area contributed by atoms with Crippen molar-refractivity contribution in [1.82, 2.24) is 0 Å². The summed E-state index contributed by atoms with van der Waals surface area (Å²) in [6.07, 6.45) is 39.1. The Bertz CT molecular complexity index is 565. The largest absolute Gasteiger partial charge is 0.481 e. The summed E-state index contributed by atoms with van der Waals surface area (Å²) in [5.74, 6) is -0.858. The number of hydrogen-bond acceptors (Lipinski definition) is 3. The van der Waals surface area contributed by atoms with Gasteiger partial charge in [0.1, 0.15) is 0 Å². The van der Waals surface area contributed by atoms with E-state index >= 15 is 0 Å². The maximum absolute atomic E-state index is 11.2. The van der Waals surface area contributed by atoms with E-state index in [1.807, 2.05) is 0 Å². The number of unbranched alkanes of at least 4 members (excludes halogenated alkanes) is 22. The molecular weight excluding hydrogens is 508 g/mol. The van der Waals surface area contributed by atoms with Crippen molar-refractivity contribution in [2.45, 2.75) is 194 Å². The summed E-state index contributed by atoms with van der Waals surface area (Å²) in [5, 5.41) is 8.49. The molecule has 0 rings (SSSR count). The fraction of sp³-hybridized carbons (Fsp3) is 0.889. The van der Waals surface area contributed by atoms with Crippen LogP contribution in [0.1, 0.15) is 194 Å². The lowest BCUT2D eigenvalue weighted by Crippen LogP contribution is -2.25. The molecule has 0 aromatic carbocycles. The molecule has 0 bridgehead atoms. The van der Waals surface area contributed by atoms with E-state index in [1.165, 1.54) is 141 Å². The molecule has 1 amide bonds. The molecule has 1 unspecified atom stereocenters. The molecule has 5 nitrogen and oxygen atoms in total. The molecule has 0 fully saturated rings. The summed E-state index contributed by atoms with van der Waals surface area (Å²) in [6, 6.07) is 0. The van der Waals surface area contributed by atoms with Crippen LogP contribution in [0.2, 0.25) is 0 Å². The molecule has 0 heterocycles. The molecule has 5 heteroatoms. The first-order chi connectivity index (χ1) is 20.0. The average Bonchev–Trinajstić information content (AvgIpc) is 2.95. The number of carbonyl (C=O) groups excluding carboxylic acids is 1. The summed E-state index contributed by atoms with van der Waals surface area (Å²) in [6.45, 7) is 5.08. The Labute approximate surface area is 256 Å². The monoisotopic (exact) mass is 581 g/mol. The lowest BCUT2D eigenvalue weighted by atomic mass is 9.96. The van der Waals surface area contributed by atoms with Crippen LogP contribution in [0.5, 0.6) is 0 Å². The number of carboxylic acid groups (broad SMARTS) is 1. The Hall–Kier alpha value is -1.36. The Kier molecular flexibility index (Phi) is 37.4. The van der Waals surface area contributed by atoms with Gasteiger partial charge in [-0.25, -0.2) is 0 Å². The minimum atomic E-state index is -0.655. The number of hydrogen-bond donors (Lipinski definition) is 3. The first-order valence-corrected chi connectivity index (χ1v) is 17.9. The smallest absolute Gasteiger partial charge is 0.303 e. The highest BCUT2D eigenvalue weighted by Gasteiger charge is 2.13. The normalized spacial score (nSPS) is 11.9. The molecule has 0 aliphatic heterocycles. The third kappa shape index (κ3) is 38.6. The highest BCUT2D eigenvalue weighted by atomic mass is 16.4. The number of rotatable bonds is 31. The fourth-order valence-electron chi connectivity index (χ4n) is 5.21. The van der Waals surface area contributed by atoms with Gasteiger partial charge in [-0.3, -0.25) is 9.59 Å². The van der Waals surface area contributed by atoms with Crippen molar-refractivity contribution in [3.05, 3.63) is 12.2 Å². The van der Waals surface area contributed by atoms with Crippen LogP contribution in [0.4, 0.5) is 0 Å². The van der Waals surface area contributed by atoms with Gasteiger partial charge in [0, 0.05) is 12.3 Å². The lowest BCUT2D eigenvalue weighted by Gasteiger charge is -2.11. The van der Waals surface area contributed by atoms with Gasteiger partial charge in [-0.05, 0) is 51.5 Å². The van der Waals surface area contributed by atoms with Crippen molar-refractivity contribution in [2.24, 2.45) is 17.4 Å². The van der Waals surface area contributed by atoms with Gasteiger partial charge in [-0.15, -0.1) is 0 Å². The Morgan fingerprint density at radius 3 is 1.29 bits per heavy atom. The van der Waals surface area contributed by atoms with Crippen LogP contribution in [0.25, 0.3) is 0 Å². The van der Waals surface area contributed by atoms with E-state index in [2.05, 4.69) is 26.0 Å². The van der Waals surface area contributed by atoms with Crippen LogP contribution < -0.4 is 11.5 Å². The third-order valence-electron chi connectivity index (χ3n) is 7.98. The van der Waals surface area contributed by atoms with E-state index in [0.717, 1.165) is 32.1 Å². The van der Waals surface area contributed by atoms with Gasteiger partial charge in [-0.2, -0.15) is 0 Å². The summed E-state index contributed by atoms with van der Waals surface area (Å²) in [7, 11) is 0. The van der Waals surface area contributed by atoms with E-state index in [-0.39, 0.29) is 11.8 Å². The number of aliphatic carboxylic acids is 1. The Morgan fingerprint density at radius 1 is 0.561 bits per heavy atom. The molecule has 41 heavy (non-hydrogen) atoms. The summed E-state index contributed by atoms with van der Waals surface area (Å²) in [5.41, 5.74) is 10.9. The number of amides is 1. The number of carboxylic acids is 1. The van der Waals surface area contributed by atoms with Gasteiger partial charge >= 0.3 is 5.97 Å². The number of nitrogens with two attached hydrogens (primary N) is 2. The second kappa shape index (κ2) is 36.7. The molecule has 0 aromatic rings. The summed E-state index contributed by atoms with van der Waals surface area (Å²) < 4.78 is 0. The minimum absolute atomic E-state index is 0.0165. The van der Waals surface area contributed by atoms with E-state index in [0.29, 0.717) is 13.0 Å². The Balaban J connectivity index is 0. The lowest BCUT2D eigenvalue weighted by molar-refractivity contribution is -0.137. The zero-order valence-electron chi connectivity index (χ0n) is 27.7. The molecule has 0 aliphatic rings. The van der Waals surface area contributed by atoms with E-state index in [1.54, 1.807) is 0 Å². The maximum Gasteiger partial charge on any atom is 0.303 e. The molecular formula is C36H72N2O3. The van der Waals surface area contributed by atoms with Gasteiger partial charge in [0.25, 0.3) is 0 Å². The van der Waals surface area contributed by atoms with Gasteiger partial charge < -0.3 is 16.6 Å².